The molecule has 1 spiro atoms. The van der Waals surface area contributed by atoms with E-state index in [-0.39, 0.29) is 18.1 Å². The van der Waals surface area contributed by atoms with E-state index in [2.05, 4.69) is 62.4 Å². The molecule has 4 aromatic rings. The van der Waals surface area contributed by atoms with Crippen LogP contribution in [-0.4, -0.2) is 45.0 Å². The van der Waals surface area contributed by atoms with Gasteiger partial charge < -0.3 is 19.5 Å². The third-order valence-corrected chi connectivity index (χ3v) is 6.58. The fourth-order valence-corrected chi connectivity index (χ4v) is 4.93. The maximum Gasteiger partial charge on any atom is 0.260 e. The standard InChI is InChI=1S/C25H23N5O2/c31-23(16-32-24-18-6-1-2-7-19(18)26-17-27-24)29-14-11-25(12-15-29)22-10-5-13-30(22)21-9-4-3-8-20(21)28-25/h1-10,13,17,28H,11-12,14-16H2. The first kappa shape index (κ1) is 18.9. The molecule has 1 saturated heterocycles. The normalized spacial score (nSPS) is 16.3. The number of amides is 1. The lowest BCUT2D eigenvalue weighted by Crippen LogP contribution is -2.51. The van der Waals surface area contributed by atoms with Crippen LogP contribution in [0.25, 0.3) is 16.6 Å². The number of nitrogens with zero attached hydrogens (tertiary/aromatic N) is 4. The lowest BCUT2D eigenvalue weighted by molar-refractivity contribution is -0.134. The Kier molecular flexibility index (Phi) is 4.35. The molecule has 1 N–H and O–H groups in total. The van der Waals surface area contributed by atoms with E-state index in [1.54, 1.807) is 0 Å². The number of hydrogen-bond donors (Lipinski definition) is 1. The van der Waals surface area contributed by atoms with Gasteiger partial charge in [-0.15, -0.1) is 0 Å². The maximum absolute atomic E-state index is 12.9. The molecule has 6 rings (SSSR count). The smallest absolute Gasteiger partial charge is 0.260 e. The molecule has 0 unspecified atom stereocenters. The van der Waals surface area contributed by atoms with E-state index in [1.165, 1.54) is 17.7 Å². The summed E-state index contributed by atoms with van der Waals surface area (Å²) in [6, 6.07) is 20.3. The predicted octanol–water partition coefficient (Wildman–Crippen LogP) is 3.74. The van der Waals surface area contributed by atoms with Crippen LogP contribution in [0.4, 0.5) is 5.69 Å². The van der Waals surface area contributed by atoms with Crippen LogP contribution in [0.2, 0.25) is 0 Å². The van der Waals surface area contributed by atoms with Gasteiger partial charge in [0.05, 0.1) is 27.8 Å². The molecule has 32 heavy (non-hydrogen) atoms. The van der Waals surface area contributed by atoms with Gasteiger partial charge in [0.1, 0.15) is 6.33 Å². The van der Waals surface area contributed by atoms with Crippen LogP contribution in [-0.2, 0) is 10.3 Å². The summed E-state index contributed by atoms with van der Waals surface area (Å²) in [5, 5.41) is 4.60. The van der Waals surface area contributed by atoms with Crippen molar-refractivity contribution in [3.8, 4) is 11.6 Å². The van der Waals surface area contributed by atoms with Crippen LogP contribution in [0.5, 0.6) is 5.88 Å². The van der Waals surface area contributed by atoms with Gasteiger partial charge in [-0.25, -0.2) is 9.97 Å². The highest BCUT2D eigenvalue weighted by Gasteiger charge is 2.42. The number of nitrogens with one attached hydrogen (secondary N) is 1. The van der Waals surface area contributed by atoms with E-state index >= 15 is 0 Å². The molecular formula is C25H23N5O2. The van der Waals surface area contributed by atoms with Crippen LogP contribution in [0.1, 0.15) is 18.5 Å². The minimum absolute atomic E-state index is 0.0193. The van der Waals surface area contributed by atoms with Gasteiger partial charge in [-0.1, -0.05) is 24.3 Å². The Labute approximate surface area is 185 Å². The summed E-state index contributed by atoms with van der Waals surface area (Å²) in [6.07, 6.45) is 5.27. The molecule has 0 radical (unpaired) electrons. The maximum atomic E-state index is 12.9. The number of aromatic nitrogens is 3. The largest absolute Gasteiger partial charge is 0.467 e. The van der Waals surface area contributed by atoms with Crippen LogP contribution >= 0.6 is 0 Å². The highest BCUT2D eigenvalue weighted by Crippen LogP contribution is 2.43. The molecule has 0 aliphatic carbocycles. The van der Waals surface area contributed by atoms with Gasteiger partial charge in [0.15, 0.2) is 6.61 Å². The topological polar surface area (TPSA) is 72.3 Å². The third-order valence-electron chi connectivity index (χ3n) is 6.58. The van der Waals surface area contributed by atoms with E-state index in [0.29, 0.717) is 19.0 Å². The zero-order valence-electron chi connectivity index (χ0n) is 17.6. The predicted molar refractivity (Wildman–Crippen MR) is 122 cm³/mol. The van der Waals surface area contributed by atoms with Crippen molar-refractivity contribution >= 4 is 22.5 Å². The summed E-state index contributed by atoms with van der Waals surface area (Å²) in [7, 11) is 0. The number of fused-ring (bicyclic) bond motifs is 5. The summed E-state index contributed by atoms with van der Waals surface area (Å²) in [5.74, 6) is 0.426. The first-order chi connectivity index (χ1) is 15.7. The quantitative estimate of drug-likeness (QED) is 0.541. The Hall–Kier alpha value is -3.87. The summed E-state index contributed by atoms with van der Waals surface area (Å²) in [6.45, 7) is 1.32. The number of likely N-dealkylation sites (tertiary alicyclic amines) is 1. The van der Waals surface area contributed by atoms with Crippen LogP contribution in [0.15, 0.2) is 73.2 Å². The molecule has 160 valence electrons. The average molecular weight is 425 g/mol. The number of hydrogen-bond acceptors (Lipinski definition) is 5. The van der Waals surface area contributed by atoms with Gasteiger partial charge in [0.2, 0.25) is 5.88 Å². The summed E-state index contributed by atoms with van der Waals surface area (Å²) in [4.78, 5) is 23.3. The van der Waals surface area contributed by atoms with Gasteiger partial charge in [0.25, 0.3) is 5.91 Å². The lowest BCUT2D eigenvalue weighted by Gasteiger charge is -2.46. The molecule has 0 bridgehead atoms. The zero-order valence-corrected chi connectivity index (χ0v) is 17.6. The van der Waals surface area contributed by atoms with Crippen molar-refractivity contribution in [1.29, 1.82) is 0 Å². The average Bonchev–Trinajstić information content (AvgIpc) is 3.35. The molecule has 2 aromatic heterocycles. The number of ether oxygens (including phenoxy) is 1. The highest BCUT2D eigenvalue weighted by molar-refractivity contribution is 5.84. The number of para-hydroxylation sites is 3. The Balaban J connectivity index is 1.16. The van der Waals surface area contributed by atoms with Crippen molar-refractivity contribution in [2.75, 3.05) is 25.0 Å². The Morgan fingerprint density at radius 2 is 1.81 bits per heavy atom. The molecule has 4 heterocycles. The molecule has 1 amide bonds. The van der Waals surface area contributed by atoms with Crippen LogP contribution in [0.3, 0.4) is 0 Å². The number of carbonyl (C=O) groups excluding carboxylic acids is 1. The summed E-state index contributed by atoms with van der Waals surface area (Å²) in [5.41, 5.74) is 4.19. The van der Waals surface area contributed by atoms with E-state index < -0.39 is 0 Å². The van der Waals surface area contributed by atoms with Crippen molar-refractivity contribution in [3.63, 3.8) is 0 Å². The first-order valence-electron chi connectivity index (χ1n) is 10.9. The number of carbonyl (C=O) groups is 1. The van der Waals surface area contributed by atoms with Gasteiger partial charge in [-0.05, 0) is 49.2 Å². The van der Waals surface area contributed by atoms with Gasteiger partial charge in [-0.3, -0.25) is 4.79 Å². The molecule has 7 heteroatoms. The van der Waals surface area contributed by atoms with Crippen LogP contribution < -0.4 is 10.1 Å². The van der Waals surface area contributed by atoms with E-state index in [4.69, 9.17) is 4.74 Å². The molecule has 2 aliphatic rings. The van der Waals surface area contributed by atoms with Gasteiger partial charge >= 0.3 is 0 Å². The molecule has 2 aromatic carbocycles. The van der Waals surface area contributed by atoms with E-state index in [9.17, 15) is 4.79 Å². The monoisotopic (exact) mass is 425 g/mol. The van der Waals surface area contributed by atoms with Crippen LogP contribution in [0, 0.1) is 0 Å². The summed E-state index contributed by atoms with van der Waals surface area (Å²) >= 11 is 0. The second-order valence-corrected chi connectivity index (χ2v) is 8.35. The fraction of sp³-hybridized carbons (Fsp3) is 0.240. The Bertz CT molecular complexity index is 1300. The zero-order chi connectivity index (χ0) is 21.5. The van der Waals surface area contributed by atoms with E-state index in [1.807, 2.05) is 29.2 Å². The van der Waals surface area contributed by atoms with Crippen molar-refractivity contribution in [2.24, 2.45) is 0 Å². The second-order valence-electron chi connectivity index (χ2n) is 8.35. The minimum atomic E-state index is -0.168. The van der Waals surface area contributed by atoms with Crippen molar-refractivity contribution in [3.05, 3.63) is 78.9 Å². The number of benzene rings is 2. The minimum Gasteiger partial charge on any atom is -0.467 e. The molecule has 2 aliphatic heterocycles. The van der Waals surface area contributed by atoms with Crippen molar-refractivity contribution in [2.45, 2.75) is 18.4 Å². The van der Waals surface area contributed by atoms with Gasteiger partial charge in [0, 0.05) is 25.0 Å². The molecule has 1 fully saturated rings. The number of anilines is 1. The van der Waals surface area contributed by atoms with Crippen molar-refractivity contribution in [1.82, 2.24) is 19.4 Å². The lowest BCUT2D eigenvalue weighted by atomic mass is 9.82. The first-order valence-corrected chi connectivity index (χ1v) is 10.9. The van der Waals surface area contributed by atoms with Crippen molar-refractivity contribution < 1.29 is 9.53 Å². The number of rotatable bonds is 3. The number of piperidine rings is 1. The van der Waals surface area contributed by atoms with Gasteiger partial charge in [-0.2, -0.15) is 0 Å². The Morgan fingerprint density at radius 1 is 1.00 bits per heavy atom. The SMILES string of the molecule is O=C(COc1ncnc2ccccc12)N1CCC2(CC1)Nc1ccccc1-n1cccc12. The van der Waals surface area contributed by atoms with E-state index in [0.717, 1.165) is 29.4 Å². The molecule has 0 atom stereocenters. The molecular weight excluding hydrogens is 402 g/mol. The summed E-state index contributed by atoms with van der Waals surface area (Å²) < 4.78 is 8.07. The molecule has 0 saturated carbocycles. The Morgan fingerprint density at radius 3 is 2.72 bits per heavy atom. The highest BCUT2D eigenvalue weighted by atomic mass is 16.5. The fourth-order valence-electron chi connectivity index (χ4n) is 4.93. The second kappa shape index (κ2) is 7.37. The molecule has 7 nitrogen and oxygen atoms in total. The third kappa shape index (κ3) is 3.00.